The van der Waals surface area contributed by atoms with E-state index in [0.717, 1.165) is 34.1 Å². The van der Waals surface area contributed by atoms with Crippen molar-refractivity contribution >= 4 is 44.1 Å². The maximum atomic E-state index is 5.06. The molecule has 1 aliphatic carbocycles. The van der Waals surface area contributed by atoms with Crippen LogP contribution >= 0.6 is 11.3 Å². The van der Waals surface area contributed by atoms with Crippen molar-refractivity contribution in [3.05, 3.63) is 66.3 Å². The van der Waals surface area contributed by atoms with Gasteiger partial charge in [0.2, 0.25) is 0 Å². The van der Waals surface area contributed by atoms with Crippen LogP contribution in [0, 0.1) is 0 Å². The van der Waals surface area contributed by atoms with E-state index in [9.17, 15) is 0 Å². The summed E-state index contributed by atoms with van der Waals surface area (Å²) in [6.45, 7) is 0. The summed E-state index contributed by atoms with van der Waals surface area (Å²) in [5.74, 6) is 1.51. The molecule has 0 spiro atoms. The summed E-state index contributed by atoms with van der Waals surface area (Å²) in [7, 11) is 0. The highest BCUT2D eigenvalue weighted by Crippen LogP contribution is 2.36. The summed E-state index contributed by atoms with van der Waals surface area (Å²) in [5, 5.41) is 6.85. The lowest BCUT2D eigenvalue weighted by atomic mass is 9.95. The van der Waals surface area contributed by atoms with Crippen molar-refractivity contribution in [1.29, 1.82) is 0 Å². The fraction of sp³-hybridized carbons (Fsp3) is 0.240. The van der Waals surface area contributed by atoms with E-state index >= 15 is 0 Å². The monoisotopic (exact) mass is 425 g/mol. The highest BCUT2D eigenvalue weighted by molar-refractivity contribution is 7.17. The third-order valence-electron chi connectivity index (χ3n) is 6.15. The Kier molecular flexibility index (Phi) is 4.65. The summed E-state index contributed by atoms with van der Waals surface area (Å²) in [6.07, 6.45) is 8.20. The lowest BCUT2D eigenvalue weighted by Gasteiger charge is -2.23. The number of rotatable bonds is 4. The van der Waals surface area contributed by atoms with Gasteiger partial charge >= 0.3 is 0 Å². The molecule has 0 saturated heterocycles. The van der Waals surface area contributed by atoms with Crippen molar-refractivity contribution in [3.8, 4) is 11.4 Å². The molecule has 1 fully saturated rings. The van der Waals surface area contributed by atoms with Gasteiger partial charge in [-0.05, 0) is 31.0 Å². The minimum atomic E-state index is 0.463. The highest BCUT2D eigenvalue weighted by Gasteiger charge is 2.22. The number of nitrogens with one attached hydrogen (secondary N) is 1. The smallest absolute Gasteiger partial charge is 0.166 e. The molecule has 0 aliphatic heterocycles. The van der Waals surface area contributed by atoms with E-state index in [1.165, 1.54) is 42.2 Å². The number of hydrogen-bond acceptors (Lipinski definition) is 5. The van der Waals surface area contributed by atoms with Gasteiger partial charge in [-0.3, -0.25) is 0 Å². The van der Waals surface area contributed by atoms with Crippen LogP contribution in [-0.4, -0.2) is 19.5 Å². The molecule has 1 N–H and O–H groups in total. The molecule has 154 valence electrons. The molecule has 1 aliphatic rings. The van der Waals surface area contributed by atoms with Gasteiger partial charge in [-0.15, -0.1) is 11.3 Å². The Hall–Kier alpha value is -3.25. The van der Waals surface area contributed by atoms with E-state index in [0.29, 0.717) is 6.04 Å². The van der Waals surface area contributed by atoms with Gasteiger partial charge in [0.25, 0.3) is 0 Å². The number of para-hydroxylation sites is 1. The largest absolute Gasteiger partial charge is 0.338 e. The van der Waals surface area contributed by atoms with Crippen LogP contribution in [0.3, 0.4) is 0 Å². The number of fused-ring (bicyclic) bond motifs is 2. The zero-order valence-corrected chi connectivity index (χ0v) is 18.0. The average molecular weight is 426 g/mol. The Morgan fingerprint density at radius 2 is 1.71 bits per heavy atom. The fourth-order valence-corrected chi connectivity index (χ4v) is 5.50. The summed E-state index contributed by atoms with van der Waals surface area (Å²) in [6, 6.07) is 19.1. The first-order valence-electron chi connectivity index (χ1n) is 10.9. The van der Waals surface area contributed by atoms with E-state index < -0.39 is 0 Å². The molecule has 3 aromatic heterocycles. The summed E-state index contributed by atoms with van der Waals surface area (Å²) >= 11 is 1.74. The summed E-state index contributed by atoms with van der Waals surface area (Å²) in [5.41, 5.74) is 3.83. The standard InChI is InChI=1S/C25H23N5S/c1-3-9-17(10-4-1)27-24-22-25(30(16-26-22)18-11-5-2-6-12-18)29-23(28-24)20-15-31-21-14-8-7-13-19(20)21/h1,3-4,7-10,13-16,18H,2,5-6,11-12H2,(H,27,28,29). The van der Waals surface area contributed by atoms with Crippen molar-refractivity contribution in [2.45, 2.75) is 38.1 Å². The molecule has 5 nitrogen and oxygen atoms in total. The molecule has 1 saturated carbocycles. The number of thiophene rings is 1. The molecular formula is C25H23N5S. The first kappa shape index (κ1) is 18.5. The zero-order valence-electron chi connectivity index (χ0n) is 17.2. The predicted molar refractivity (Wildman–Crippen MR) is 128 cm³/mol. The molecular weight excluding hydrogens is 402 g/mol. The van der Waals surface area contributed by atoms with E-state index in [4.69, 9.17) is 15.0 Å². The number of aromatic nitrogens is 4. The molecule has 0 bridgehead atoms. The number of imidazole rings is 1. The van der Waals surface area contributed by atoms with Crippen LogP contribution in [-0.2, 0) is 0 Å². The molecule has 6 rings (SSSR count). The second-order valence-electron chi connectivity index (χ2n) is 8.15. The van der Waals surface area contributed by atoms with E-state index in [1.54, 1.807) is 11.3 Å². The van der Waals surface area contributed by atoms with Crippen molar-refractivity contribution in [3.63, 3.8) is 0 Å². The van der Waals surface area contributed by atoms with Crippen LogP contribution in [0.25, 0.3) is 32.6 Å². The maximum Gasteiger partial charge on any atom is 0.166 e. The topological polar surface area (TPSA) is 55.6 Å². The van der Waals surface area contributed by atoms with Crippen LogP contribution in [0.5, 0.6) is 0 Å². The molecule has 5 aromatic rings. The van der Waals surface area contributed by atoms with Crippen molar-refractivity contribution in [2.75, 3.05) is 5.32 Å². The van der Waals surface area contributed by atoms with Crippen LogP contribution < -0.4 is 5.32 Å². The second-order valence-corrected chi connectivity index (χ2v) is 9.06. The molecule has 3 heterocycles. The Morgan fingerprint density at radius 3 is 2.58 bits per heavy atom. The van der Waals surface area contributed by atoms with Crippen LogP contribution in [0.1, 0.15) is 38.1 Å². The van der Waals surface area contributed by atoms with Crippen LogP contribution in [0.15, 0.2) is 66.3 Å². The van der Waals surface area contributed by atoms with Crippen LogP contribution in [0.2, 0.25) is 0 Å². The molecule has 6 heteroatoms. The van der Waals surface area contributed by atoms with Gasteiger partial charge in [-0.25, -0.2) is 15.0 Å². The average Bonchev–Trinajstić information content (AvgIpc) is 3.45. The molecule has 0 unspecified atom stereocenters. The molecule has 31 heavy (non-hydrogen) atoms. The van der Waals surface area contributed by atoms with Gasteiger partial charge in [0, 0.05) is 32.8 Å². The SMILES string of the molecule is c1ccc(Nc2nc(-c3csc4ccccc34)nc3c2ncn3C2CCCCC2)cc1. The van der Waals surface area contributed by atoms with Crippen LogP contribution in [0.4, 0.5) is 11.5 Å². The van der Waals surface area contributed by atoms with Crippen molar-refractivity contribution in [2.24, 2.45) is 0 Å². The maximum absolute atomic E-state index is 5.06. The van der Waals surface area contributed by atoms with Gasteiger partial charge in [0.05, 0.1) is 6.33 Å². The Morgan fingerprint density at radius 1 is 0.903 bits per heavy atom. The first-order chi connectivity index (χ1) is 15.4. The highest BCUT2D eigenvalue weighted by atomic mass is 32.1. The van der Waals surface area contributed by atoms with Gasteiger partial charge in [-0.1, -0.05) is 55.7 Å². The Balaban J connectivity index is 1.54. The van der Waals surface area contributed by atoms with E-state index in [2.05, 4.69) is 39.5 Å². The number of anilines is 2. The lowest BCUT2D eigenvalue weighted by Crippen LogP contribution is -2.12. The lowest BCUT2D eigenvalue weighted by molar-refractivity contribution is 0.358. The fourth-order valence-electron chi connectivity index (χ4n) is 4.56. The van der Waals surface area contributed by atoms with Gasteiger partial charge < -0.3 is 9.88 Å². The first-order valence-corrected chi connectivity index (χ1v) is 11.8. The summed E-state index contributed by atoms with van der Waals surface area (Å²) < 4.78 is 3.53. The molecule has 0 radical (unpaired) electrons. The Bertz CT molecular complexity index is 1350. The summed E-state index contributed by atoms with van der Waals surface area (Å²) in [4.78, 5) is 14.8. The predicted octanol–water partition coefficient (Wildman–Crippen LogP) is 6.96. The van der Waals surface area contributed by atoms with Crippen molar-refractivity contribution < 1.29 is 0 Å². The normalized spacial score (nSPS) is 15.0. The Labute approximate surface area is 184 Å². The quantitative estimate of drug-likeness (QED) is 0.338. The van der Waals surface area contributed by atoms with E-state index in [-0.39, 0.29) is 0 Å². The van der Waals surface area contributed by atoms with E-state index in [1.807, 2.05) is 36.7 Å². The van der Waals surface area contributed by atoms with Crippen molar-refractivity contribution in [1.82, 2.24) is 19.5 Å². The minimum Gasteiger partial charge on any atom is -0.338 e. The van der Waals surface area contributed by atoms with Gasteiger partial charge in [0.1, 0.15) is 0 Å². The third kappa shape index (κ3) is 3.37. The van der Waals surface area contributed by atoms with Gasteiger partial charge in [0.15, 0.2) is 22.8 Å². The number of nitrogens with zero attached hydrogens (tertiary/aromatic N) is 4. The molecule has 2 aromatic carbocycles. The number of benzene rings is 2. The third-order valence-corrected chi connectivity index (χ3v) is 7.11. The second kappa shape index (κ2) is 7.78. The minimum absolute atomic E-state index is 0.463. The zero-order chi connectivity index (χ0) is 20.6. The number of hydrogen-bond donors (Lipinski definition) is 1. The molecule has 0 amide bonds. The van der Waals surface area contributed by atoms with Gasteiger partial charge in [-0.2, -0.15) is 0 Å². The molecule has 0 atom stereocenters.